The molecule has 0 radical (unpaired) electrons. The number of carbonyl (C=O) groups excluding carboxylic acids is 2. The second-order valence-electron chi connectivity index (χ2n) is 5.21. The van der Waals surface area contributed by atoms with Gasteiger partial charge in [0, 0.05) is 11.8 Å². The molecule has 0 heterocycles. The minimum Gasteiger partial charge on any atom is -0.465 e. The van der Waals surface area contributed by atoms with Crippen molar-refractivity contribution in [3.05, 3.63) is 65.2 Å². The Bertz CT molecular complexity index is 926. The number of benzene rings is 2. The van der Waals surface area contributed by atoms with E-state index in [1.807, 2.05) is 0 Å². The van der Waals surface area contributed by atoms with Crippen molar-refractivity contribution in [3.63, 3.8) is 0 Å². The monoisotopic (exact) mass is 378 g/mol. The molecule has 0 aromatic heterocycles. The Morgan fingerprint density at radius 3 is 1.88 bits per heavy atom. The number of hydrogen-bond acceptors (Lipinski definition) is 5. The zero-order valence-corrected chi connectivity index (χ0v) is 15.1. The largest absolute Gasteiger partial charge is 0.465 e. The van der Waals surface area contributed by atoms with Crippen molar-refractivity contribution >= 4 is 44.3 Å². The van der Waals surface area contributed by atoms with E-state index in [4.69, 9.17) is 11.6 Å². The molecule has 0 bridgehead atoms. The van der Waals surface area contributed by atoms with Crippen molar-refractivity contribution in [2.45, 2.75) is 4.90 Å². The highest BCUT2D eigenvalue weighted by Crippen LogP contribution is 2.29. The number of allylic oxidation sites excluding steroid dienone is 1. The number of methoxy groups -OCH3 is 1. The maximum absolute atomic E-state index is 11.5. The standard InChI is InChI=1S/C18H15ClO5S/c1-24-18(21)14-5-3-13(4-6-14)17(19)16(11-20)12-7-9-15(10-8-12)25(2,22)23/h3-11H,1-2H3/b17-16-. The molecule has 0 N–H and O–H groups in total. The van der Waals surface area contributed by atoms with Gasteiger partial charge in [-0.1, -0.05) is 35.9 Å². The summed E-state index contributed by atoms with van der Waals surface area (Å²) in [5, 5.41) is 0.193. The fourth-order valence-electron chi connectivity index (χ4n) is 2.15. The summed E-state index contributed by atoms with van der Waals surface area (Å²) >= 11 is 6.32. The number of ether oxygens (including phenoxy) is 1. The molecule has 0 aliphatic rings. The maximum Gasteiger partial charge on any atom is 0.337 e. The molecule has 7 heteroatoms. The highest BCUT2D eigenvalue weighted by atomic mass is 35.5. The Kier molecular flexibility index (Phi) is 5.77. The van der Waals surface area contributed by atoms with Crippen LogP contribution in [0.25, 0.3) is 10.6 Å². The van der Waals surface area contributed by atoms with E-state index in [9.17, 15) is 18.0 Å². The van der Waals surface area contributed by atoms with Crippen LogP contribution in [0.3, 0.4) is 0 Å². The SMILES string of the molecule is COC(=O)c1ccc(/C(Cl)=C(\C=O)c2ccc(S(C)(=O)=O)cc2)cc1. The molecule has 0 aliphatic heterocycles. The third kappa shape index (κ3) is 4.35. The van der Waals surface area contributed by atoms with Crippen molar-refractivity contribution in [2.24, 2.45) is 0 Å². The second kappa shape index (κ2) is 7.63. The summed E-state index contributed by atoms with van der Waals surface area (Å²) in [5.74, 6) is -0.473. The minimum atomic E-state index is -3.32. The Labute approximate surface area is 150 Å². The van der Waals surface area contributed by atoms with E-state index in [1.54, 1.807) is 24.3 Å². The number of aldehydes is 1. The van der Waals surface area contributed by atoms with E-state index >= 15 is 0 Å². The molecule has 2 aromatic rings. The van der Waals surface area contributed by atoms with E-state index in [1.165, 1.54) is 31.4 Å². The number of halogens is 1. The van der Waals surface area contributed by atoms with Gasteiger partial charge in [-0.25, -0.2) is 13.2 Å². The van der Waals surface area contributed by atoms with Gasteiger partial charge in [-0.15, -0.1) is 0 Å². The third-order valence-corrected chi connectivity index (χ3v) is 5.06. The maximum atomic E-state index is 11.5. The number of carbonyl (C=O) groups is 2. The summed E-state index contributed by atoms with van der Waals surface area (Å²) in [5.41, 5.74) is 1.61. The van der Waals surface area contributed by atoms with Crippen LogP contribution in [0.2, 0.25) is 0 Å². The number of esters is 1. The first-order valence-corrected chi connectivity index (χ1v) is 9.39. The first-order valence-electron chi connectivity index (χ1n) is 7.12. The lowest BCUT2D eigenvalue weighted by Crippen LogP contribution is -2.00. The van der Waals surface area contributed by atoms with E-state index in [0.717, 1.165) is 6.26 Å². The summed E-state index contributed by atoms with van der Waals surface area (Å²) < 4.78 is 27.6. The van der Waals surface area contributed by atoms with Crippen LogP contribution in [-0.4, -0.2) is 34.0 Å². The summed E-state index contributed by atoms with van der Waals surface area (Å²) in [6.07, 6.45) is 1.71. The zero-order chi connectivity index (χ0) is 18.6. The second-order valence-corrected chi connectivity index (χ2v) is 7.60. The van der Waals surface area contributed by atoms with Crippen molar-refractivity contribution in [1.82, 2.24) is 0 Å². The molecule has 5 nitrogen and oxygen atoms in total. The van der Waals surface area contributed by atoms with Gasteiger partial charge < -0.3 is 4.74 Å². The van der Waals surface area contributed by atoms with Crippen LogP contribution in [0, 0.1) is 0 Å². The molecule has 0 amide bonds. The predicted octanol–water partition coefficient (Wildman–Crippen LogP) is 3.18. The lowest BCUT2D eigenvalue weighted by Gasteiger charge is -2.07. The Balaban J connectivity index is 2.43. The van der Waals surface area contributed by atoms with Gasteiger partial charge >= 0.3 is 5.97 Å². The van der Waals surface area contributed by atoms with Gasteiger partial charge in [0.2, 0.25) is 0 Å². The molecule has 0 fully saturated rings. The summed E-state index contributed by atoms with van der Waals surface area (Å²) in [6.45, 7) is 0. The molecule has 2 aromatic carbocycles. The van der Waals surface area contributed by atoms with Gasteiger partial charge in [-0.3, -0.25) is 4.79 Å². The first-order chi connectivity index (χ1) is 11.8. The van der Waals surface area contributed by atoms with Crippen molar-refractivity contribution < 1.29 is 22.7 Å². The summed E-state index contributed by atoms with van der Waals surface area (Å²) in [7, 11) is -2.04. The van der Waals surface area contributed by atoms with Crippen LogP contribution in [0.5, 0.6) is 0 Å². The Morgan fingerprint density at radius 1 is 0.960 bits per heavy atom. The molecule has 0 saturated carbocycles. The molecule has 25 heavy (non-hydrogen) atoms. The van der Waals surface area contributed by atoms with Crippen molar-refractivity contribution in [1.29, 1.82) is 0 Å². The average Bonchev–Trinajstić information content (AvgIpc) is 2.61. The highest BCUT2D eigenvalue weighted by molar-refractivity contribution is 7.90. The molecule has 0 spiro atoms. The van der Waals surface area contributed by atoms with Gasteiger partial charge in [0.15, 0.2) is 16.1 Å². The van der Waals surface area contributed by atoms with E-state index in [-0.39, 0.29) is 15.5 Å². The number of sulfone groups is 1. The lowest BCUT2D eigenvalue weighted by atomic mass is 10.0. The van der Waals surface area contributed by atoms with Crippen LogP contribution >= 0.6 is 11.6 Å². The molecule has 0 unspecified atom stereocenters. The van der Waals surface area contributed by atoms with Crippen LogP contribution in [0.1, 0.15) is 21.5 Å². The number of hydrogen-bond donors (Lipinski definition) is 0. The highest BCUT2D eigenvalue weighted by Gasteiger charge is 2.13. The lowest BCUT2D eigenvalue weighted by molar-refractivity contribution is -0.103. The molecular formula is C18H15ClO5S. The van der Waals surface area contributed by atoms with Gasteiger partial charge in [0.05, 0.1) is 22.6 Å². The smallest absolute Gasteiger partial charge is 0.337 e. The fraction of sp³-hybridized carbons (Fsp3) is 0.111. The number of rotatable bonds is 5. The molecule has 0 saturated heterocycles. The van der Waals surface area contributed by atoms with E-state index in [0.29, 0.717) is 23.0 Å². The zero-order valence-electron chi connectivity index (χ0n) is 13.5. The normalized spacial score (nSPS) is 12.3. The third-order valence-electron chi connectivity index (χ3n) is 3.51. The van der Waals surface area contributed by atoms with Gasteiger partial charge in [-0.05, 0) is 35.4 Å². The fourth-order valence-corrected chi connectivity index (χ4v) is 3.06. The molecule has 130 valence electrons. The molecular weight excluding hydrogens is 364 g/mol. The van der Waals surface area contributed by atoms with Crippen LogP contribution < -0.4 is 0 Å². The van der Waals surface area contributed by atoms with Gasteiger partial charge in [0.1, 0.15) is 0 Å². The quantitative estimate of drug-likeness (QED) is 0.345. The van der Waals surface area contributed by atoms with E-state index in [2.05, 4.69) is 4.74 Å². The van der Waals surface area contributed by atoms with Gasteiger partial charge in [0.25, 0.3) is 0 Å². The first kappa shape index (κ1) is 18.9. The van der Waals surface area contributed by atoms with Gasteiger partial charge in [-0.2, -0.15) is 0 Å². The van der Waals surface area contributed by atoms with E-state index < -0.39 is 15.8 Å². The molecule has 2 rings (SSSR count). The summed E-state index contributed by atoms with van der Waals surface area (Å²) in [4.78, 5) is 23.1. The average molecular weight is 379 g/mol. The van der Waals surface area contributed by atoms with Crippen molar-refractivity contribution in [3.8, 4) is 0 Å². The topological polar surface area (TPSA) is 77.5 Å². The van der Waals surface area contributed by atoms with Crippen LogP contribution in [0.4, 0.5) is 0 Å². The Morgan fingerprint density at radius 2 is 1.44 bits per heavy atom. The minimum absolute atomic E-state index is 0.153. The van der Waals surface area contributed by atoms with Crippen LogP contribution in [0.15, 0.2) is 53.4 Å². The van der Waals surface area contributed by atoms with Crippen molar-refractivity contribution in [2.75, 3.05) is 13.4 Å². The van der Waals surface area contributed by atoms with Crippen LogP contribution in [-0.2, 0) is 19.4 Å². The summed E-state index contributed by atoms with van der Waals surface area (Å²) in [6, 6.07) is 12.2. The molecule has 0 atom stereocenters. The Hall–Kier alpha value is -2.44. The molecule has 0 aliphatic carbocycles. The predicted molar refractivity (Wildman–Crippen MR) is 96.1 cm³/mol.